The molecule has 0 radical (unpaired) electrons. The quantitative estimate of drug-likeness (QED) is 0.520. The average Bonchev–Trinajstić information content (AvgIpc) is 3.32. The van der Waals surface area contributed by atoms with Gasteiger partial charge in [0, 0.05) is 20.1 Å². The van der Waals surface area contributed by atoms with Crippen LogP contribution < -0.4 is 16.4 Å². The number of rotatable bonds is 7. The Morgan fingerprint density at radius 3 is 2.59 bits per heavy atom. The molecule has 1 saturated carbocycles. The van der Waals surface area contributed by atoms with Gasteiger partial charge in [-0.3, -0.25) is 9.79 Å². The van der Waals surface area contributed by atoms with Crippen LogP contribution in [0.5, 0.6) is 0 Å². The Morgan fingerprint density at radius 2 is 2.05 bits per heavy atom. The molecular weight excluding hydrogens is 283 g/mol. The molecule has 1 aromatic rings. The summed E-state index contributed by atoms with van der Waals surface area (Å²) in [5, 5.41) is 6.36. The summed E-state index contributed by atoms with van der Waals surface area (Å²) in [4.78, 5) is 15.7. The van der Waals surface area contributed by atoms with Gasteiger partial charge in [0.2, 0.25) is 5.91 Å². The fourth-order valence-corrected chi connectivity index (χ4v) is 2.18. The molecule has 0 heterocycles. The number of carbonyl (C=O) groups excluding carboxylic acids is 1. The third-order valence-electron chi connectivity index (χ3n) is 3.79. The zero-order valence-electron chi connectivity index (χ0n) is 12.8. The molecule has 0 spiro atoms. The highest BCUT2D eigenvalue weighted by molar-refractivity contribution is 5.81. The predicted octanol–water partition coefficient (Wildman–Crippen LogP) is 1.04. The van der Waals surface area contributed by atoms with Gasteiger partial charge in [-0.25, -0.2) is 4.39 Å². The van der Waals surface area contributed by atoms with E-state index in [4.69, 9.17) is 5.73 Å². The van der Waals surface area contributed by atoms with Crippen LogP contribution in [-0.4, -0.2) is 32.0 Å². The van der Waals surface area contributed by atoms with Gasteiger partial charge in [0.05, 0.1) is 5.92 Å². The van der Waals surface area contributed by atoms with E-state index in [9.17, 15) is 9.18 Å². The first kappa shape index (κ1) is 16.3. The van der Waals surface area contributed by atoms with E-state index < -0.39 is 0 Å². The number of aliphatic imine (C=N–C) groups is 1. The molecule has 0 bridgehead atoms. The van der Waals surface area contributed by atoms with E-state index in [1.165, 1.54) is 25.0 Å². The van der Waals surface area contributed by atoms with Crippen molar-refractivity contribution in [1.29, 1.82) is 0 Å². The number of hydrogen-bond donors (Lipinski definition) is 3. The van der Waals surface area contributed by atoms with Crippen LogP contribution in [0.1, 0.15) is 18.4 Å². The molecule has 4 N–H and O–H groups in total. The van der Waals surface area contributed by atoms with E-state index in [1.54, 1.807) is 19.2 Å². The minimum Gasteiger partial charge on any atom is -0.369 e. The van der Waals surface area contributed by atoms with E-state index in [2.05, 4.69) is 15.6 Å². The Balaban J connectivity index is 1.84. The zero-order chi connectivity index (χ0) is 15.9. The molecule has 0 saturated heterocycles. The first-order chi connectivity index (χ1) is 10.6. The first-order valence-electron chi connectivity index (χ1n) is 7.56. The molecule has 1 aliphatic carbocycles. The highest BCUT2D eigenvalue weighted by Crippen LogP contribution is 2.27. The standard InChI is InChI=1S/C16H23FN4O/c1-19-16(20-9-12-2-3-12)21-10-13(15(18)22)8-11-4-6-14(17)7-5-11/h4-7,12-13H,2-3,8-10H2,1H3,(H2,18,22)(H2,19,20,21). The molecular formula is C16H23FN4O. The molecule has 1 aromatic carbocycles. The number of guanidine groups is 1. The Labute approximate surface area is 130 Å². The van der Waals surface area contributed by atoms with Crippen LogP contribution in [0.25, 0.3) is 0 Å². The lowest BCUT2D eigenvalue weighted by atomic mass is 9.98. The number of amides is 1. The van der Waals surface area contributed by atoms with Crippen LogP contribution >= 0.6 is 0 Å². The van der Waals surface area contributed by atoms with Crippen molar-refractivity contribution >= 4 is 11.9 Å². The van der Waals surface area contributed by atoms with Crippen LogP contribution in [0.15, 0.2) is 29.3 Å². The highest BCUT2D eigenvalue weighted by Gasteiger charge is 2.21. The molecule has 22 heavy (non-hydrogen) atoms. The molecule has 1 atom stereocenters. The fraction of sp³-hybridized carbons (Fsp3) is 0.500. The van der Waals surface area contributed by atoms with Gasteiger partial charge >= 0.3 is 0 Å². The third kappa shape index (κ3) is 5.35. The summed E-state index contributed by atoms with van der Waals surface area (Å²) < 4.78 is 12.9. The van der Waals surface area contributed by atoms with Gasteiger partial charge in [-0.05, 0) is 42.9 Å². The molecule has 0 aromatic heterocycles. The molecule has 5 nitrogen and oxygen atoms in total. The number of halogens is 1. The number of nitrogens with two attached hydrogens (primary N) is 1. The number of carbonyl (C=O) groups is 1. The van der Waals surface area contributed by atoms with E-state index in [0.717, 1.165) is 18.0 Å². The van der Waals surface area contributed by atoms with Gasteiger partial charge in [0.15, 0.2) is 5.96 Å². The second-order valence-corrected chi connectivity index (χ2v) is 5.71. The molecule has 6 heteroatoms. The minimum absolute atomic E-state index is 0.290. The summed E-state index contributed by atoms with van der Waals surface area (Å²) in [7, 11) is 1.70. The zero-order valence-corrected chi connectivity index (χ0v) is 12.8. The predicted molar refractivity (Wildman–Crippen MR) is 84.9 cm³/mol. The van der Waals surface area contributed by atoms with E-state index >= 15 is 0 Å². The normalized spacial score (nSPS) is 16.2. The van der Waals surface area contributed by atoms with Crippen LogP contribution in [0, 0.1) is 17.7 Å². The van der Waals surface area contributed by atoms with Gasteiger partial charge in [-0.15, -0.1) is 0 Å². The molecule has 120 valence electrons. The number of hydrogen-bond acceptors (Lipinski definition) is 2. The lowest BCUT2D eigenvalue weighted by Crippen LogP contribution is -2.43. The summed E-state index contributed by atoms with van der Waals surface area (Å²) in [5.41, 5.74) is 6.34. The molecule has 1 fully saturated rings. The summed E-state index contributed by atoms with van der Waals surface area (Å²) >= 11 is 0. The molecule has 1 amide bonds. The summed E-state index contributed by atoms with van der Waals surface area (Å²) in [6, 6.07) is 6.12. The van der Waals surface area contributed by atoms with Gasteiger partial charge in [0.1, 0.15) is 5.82 Å². The van der Waals surface area contributed by atoms with Crippen molar-refractivity contribution < 1.29 is 9.18 Å². The Kier molecular flexibility index (Phi) is 5.75. The van der Waals surface area contributed by atoms with Crippen molar-refractivity contribution in [1.82, 2.24) is 10.6 Å². The van der Waals surface area contributed by atoms with Crippen LogP contribution in [0.4, 0.5) is 4.39 Å². The third-order valence-corrected chi connectivity index (χ3v) is 3.79. The number of primary amides is 1. The summed E-state index contributed by atoms with van der Waals surface area (Å²) in [6.07, 6.45) is 3.00. The van der Waals surface area contributed by atoms with E-state index in [1.807, 2.05) is 0 Å². The van der Waals surface area contributed by atoms with Crippen molar-refractivity contribution in [3.05, 3.63) is 35.6 Å². The SMILES string of the molecule is CN=C(NCC1CC1)NCC(Cc1ccc(F)cc1)C(N)=O. The monoisotopic (exact) mass is 306 g/mol. The fourth-order valence-electron chi connectivity index (χ4n) is 2.18. The van der Waals surface area contributed by atoms with Gasteiger partial charge in [-0.1, -0.05) is 12.1 Å². The van der Waals surface area contributed by atoms with Gasteiger partial charge in [0.25, 0.3) is 0 Å². The number of benzene rings is 1. The maximum absolute atomic E-state index is 12.9. The average molecular weight is 306 g/mol. The minimum atomic E-state index is -0.380. The van der Waals surface area contributed by atoms with Gasteiger partial charge in [-0.2, -0.15) is 0 Å². The van der Waals surface area contributed by atoms with Crippen LogP contribution in [0.2, 0.25) is 0 Å². The van der Waals surface area contributed by atoms with Crippen molar-refractivity contribution in [2.24, 2.45) is 22.6 Å². The Morgan fingerprint density at radius 1 is 1.36 bits per heavy atom. The Hall–Kier alpha value is -2.11. The van der Waals surface area contributed by atoms with E-state index in [0.29, 0.717) is 18.9 Å². The molecule has 2 rings (SSSR count). The maximum atomic E-state index is 12.9. The largest absolute Gasteiger partial charge is 0.369 e. The highest BCUT2D eigenvalue weighted by atomic mass is 19.1. The van der Waals surface area contributed by atoms with Crippen molar-refractivity contribution in [2.45, 2.75) is 19.3 Å². The molecule has 1 unspecified atom stereocenters. The lowest BCUT2D eigenvalue weighted by molar-refractivity contribution is -0.121. The molecule has 1 aliphatic rings. The molecule has 0 aliphatic heterocycles. The van der Waals surface area contributed by atoms with Crippen molar-refractivity contribution in [3.63, 3.8) is 0 Å². The van der Waals surface area contributed by atoms with Crippen LogP contribution in [0.3, 0.4) is 0 Å². The van der Waals surface area contributed by atoms with Crippen LogP contribution in [-0.2, 0) is 11.2 Å². The van der Waals surface area contributed by atoms with Crippen molar-refractivity contribution in [3.8, 4) is 0 Å². The van der Waals surface area contributed by atoms with E-state index in [-0.39, 0.29) is 17.6 Å². The second-order valence-electron chi connectivity index (χ2n) is 5.71. The van der Waals surface area contributed by atoms with Gasteiger partial charge < -0.3 is 16.4 Å². The Bertz CT molecular complexity index is 525. The summed E-state index contributed by atoms with van der Waals surface area (Å²) in [6.45, 7) is 1.30. The smallest absolute Gasteiger partial charge is 0.222 e. The number of nitrogens with zero attached hydrogens (tertiary/aromatic N) is 1. The first-order valence-corrected chi connectivity index (χ1v) is 7.56. The second kappa shape index (κ2) is 7.77. The summed E-state index contributed by atoms with van der Waals surface area (Å²) in [5.74, 6) is 0.378. The van der Waals surface area contributed by atoms with Crippen molar-refractivity contribution in [2.75, 3.05) is 20.1 Å². The maximum Gasteiger partial charge on any atom is 0.222 e. The topological polar surface area (TPSA) is 79.5 Å². The number of nitrogens with one attached hydrogen (secondary N) is 2. The lowest BCUT2D eigenvalue weighted by Gasteiger charge is -2.17.